The molecule has 26 heavy (non-hydrogen) atoms. The van der Waals surface area contributed by atoms with E-state index >= 15 is 0 Å². The molecule has 136 valence electrons. The van der Waals surface area contributed by atoms with Crippen LogP contribution in [0.5, 0.6) is 0 Å². The van der Waals surface area contributed by atoms with Crippen molar-refractivity contribution in [3.8, 4) is 0 Å². The van der Waals surface area contributed by atoms with E-state index in [0.29, 0.717) is 23.7 Å². The van der Waals surface area contributed by atoms with Gasteiger partial charge in [-0.15, -0.1) is 5.10 Å². The van der Waals surface area contributed by atoms with E-state index in [1.807, 2.05) is 6.92 Å². The van der Waals surface area contributed by atoms with Gasteiger partial charge in [0.25, 0.3) is 0 Å². The fraction of sp³-hybridized carbons (Fsp3) is 0.250. The van der Waals surface area contributed by atoms with E-state index in [4.69, 9.17) is 11.6 Å². The van der Waals surface area contributed by atoms with Crippen molar-refractivity contribution in [2.75, 3.05) is 5.32 Å². The van der Waals surface area contributed by atoms with E-state index in [9.17, 15) is 9.18 Å². The standard InChI is InChI=1S/C16H15ClFIN6O/c1-10-14(19)7-21-25(10)5-4-15(26)22-16-20-9-24(23-16)8-11-2-3-12(18)6-13(11)17/h2-3,6-7,9H,4-5,8H2,1H3,(H,22,23,26). The zero-order valence-electron chi connectivity index (χ0n) is 13.8. The quantitative estimate of drug-likeness (QED) is 0.541. The molecule has 7 nitrogen and oxygen atoms in total. The molecule has 0 aliphatic heterocycles. The maximum Gasteiger partial charge on any atom is 0.248 e. The molecular formula is C16H15ClFIN6O. The molecule has 0 saturated carbocycles. The van der Waals surface area contributed by atoms with Crippen molar-refractivity contribution >= 4 is 46.0 Å². The highest BCUT2D eigenvalue weighted by Crippen LogP contribution is 2.18. The highest BCUT2D eigenvalue weighted by atomic mass is 127. The van der Waals surface area contributed by atoms with E-state index in [1.165, 1.54) is 23.1 Å². The summed E-state index contributed by atoms with van der Waals surface area (Å²) in [7, 11) is 0. The third kappa shape index (κ3) is 4.58. The van der Waals surface area contributed by atoms with Crippen molar-refractivity contribution < 1.29 is 9.18 Å². The Morgan fingerprint density at radius 3 is 2.92 bits per heavy atom. The predicted molar refractivity (Wildman–Crippen MR) is 103 cm³/mol. The summed E-state index contributed by atoms with van der Waals surface area (Å²) < 4.78 is 17.4. The third-order valence-corrected chi connectivity index (χ3v) is 5.14. The first-order valence-electron chi connectivity index (χ1n) is 7.73. The molecule has 3 aromatic rings. The minimum Gasteiger partial charge on any atom is -0.293 e. The van der Waals surface area contributed by atoms with Gasteiger partial charge in [-0.3, -0.25) is 14.8 Å². The van der Waals surface area contributed by atoms with E-state index in [2.05, 4.69) is 43.1 Å². The van der Waals surface area contributed by atoms with Gasteiger partial charge in [-0.2, -0.15) is 5.10 Å². The summed E-state index contributed by atoms with van der Waals surface area (Å²) in [5, 5.41) is 11.4. The van der Waals surface area contributed by atoms with Crippen LogP contribution in [0.4, 0.5) is 10.3 Å². The molecule has 10 heteroatoms. The molecule has 0 aliphatic carbocycles. The largest absolute Gasteiger partial charge is 0.293 e. The summed E-state index contributed by atoms with van der Waals surface area (Å²) in [4.78, 5) is 16.1. The van der Waals surface area contributed by atoms with Crippen LogP contribution in [0.3, 0.4) is 0 Å². The smallest absolute Gasteiger partial charge is 0.248 e. The summed E-state index contributed by atoms with van der Waals surface area (Å²) >= 11 is 8.20. The van der Waals surface area contributed by atoms with Gasteiger partial charge in [0.2, 0.25) is 11.9 Å². The molecule has 0 bridgehead atoms. The van der Waals surface area contributed by atoms with Crippen LogP contribution in [-0.4, -0.2) is 30.5 Å². The van der Waals surface area contributed by atoms with Crippen molar-refractivity contribution in [1.82, 2.24) is 24.5 Å². The highest BCUT2D eigenvalue weighted by Gasteiger charge is 2.10. The molecule has 0 radical (unpaired) electrons. The molecule has 2 aromatic heterocycles. The minimum absolute atomic E-state index is 0.201. The molecule has 0 saturated heterocycles. The van der Waals surface area contributed by atoms with Crippen LogP contribution in [0, 0.1) is 16.3 Å². The molecule has 1 amide bonds. The average molecular weight is 489 g/mol. The van der Waals surface area contributed by atoms with Crippen LogP contribution in [0.1, 0.15) is 17.7 Å². The molecule has 2 heterocycles. The lowest BCUT2D eigenvalue weighted by atomic mass is 10.2. The number of aryl methyl sites for hydroxylation is 1. The van der Waals surface area contributed by atoms with Crippen LogP contribution in [0.2, 0.25) is 5.02 Å². The Kier molecular flexibility index (Phi) is 5.87. The number of carbonyl (C=O) groups excluding carboxylic acids is 1. The van der Waals surface area contributed by atoms with Gasteiger partial charge in [-0.1, -0.05) is 17.7 Å². The van der Waals surface area contributed by atoms with Gasteiger partial charge in [-0.25, -0.2) is 14.1 Å². The lowest BCUT2D eigenvalue weighted by Crippen LogP contribution is -2.16. The Morgan fingerprint density at radius 1 is 1.42 bits per heavy atom. The Hall–Kier alpha value is -2.01. The fourth-order valence-electron chi connectivity index (χ4n) is 2.30. The number of nitrogens with zero attached hydrogens (tertiary/aromatic N) is 5. The summed E-state index contributed by atoms with van der Waals surface area (Å²) in [5.41, 5.74) is 1.73. The van der Waals surface area contributed by atoms with Crippen molar-refractivity contribution in [3.05, 3.63) is 56.4 Å². The molecule has 3 rings (SSSR count). The Bertz CT molecular complexity index is 941. The van der Waals surface area contributed by atoms with Crippen molar-refractivity contribution in [2.24, 2.45) is 0 Å². The topological polar surface area (TPSA) is 77.6 Å². The molecule has 0 unspecified atom stereocenters. The lowest BCUT2D eigenvalue weighted by Gasteiger charge is -2.05. The number of nitrogens with one attached hydrogen (secondary N) is 1. The number of amides is 1. The van der Waals surface area contributed by atoms with Gasteiger partial charge in [0.05, 0.1) is 22.9 Å². The van der Waals surface area contributed by atoms with Crippen LogP contribution in [-0.2, 0) is 17.9 Å². The zero-order chi connectivity index (χ0) is 18.7. The van der Waals surface area contributed by atoms with Gasteiger partial charge in [-0.05, 0) is 47.2 Å². The van der Waals surface area contributed by atoms with E-state index in [1.54, 1.807) is 16.9 Å². The third-order valence-electron chi connectivity index (χ3n) is 3.73. The number of hydrogen-bond donors (Lipinski definition) is 1. The summed E-state index contributed by atoms with van der Waals surface area (Å²) in [6, 6.07) is 4.17. The molecular weight excluding hydrogens is 474 g/mol. The second kappa shape index (κ2) is 8.12. The molecule has 0 spiro atoms. The van der Waals surface area contributed by atoms with Crippen molar-refractivity contribution in [3.63, 3.8) is 0 Å². The van der Waals surface area contributed by atoms with E-state index in [0.717, 1.165) is 9.26 Å². The Labute approximate surface area is 167 Å². The normalized spacial score (nSPS) is 10.9. The van der Waals surface area contributed by atoms with E-state index in [-0.39, 0.29) is 18.3 Å². The number of carbonyl (C=O) groups is 1. The average Bonchev–Trinajstić information content (AvgIpc) is 3.16. The van der Waals surface area contributed by atoms with Gasteiger partial charge in [0.15, 0.2) is 0 Å². The number of aromatic nitrogens is 5. The highest BCUT2D eigenvalue weighted by molar-refractivity contribution is 14.1. The monoisotopic (exact) mass is 488 g/mol. The minimum atomic E-state index is -0.396. The Morgan fingerprint density at radius 2 is 2.23 bits per heavy atom. The van der Waals surface area contributed by atoms with Crippen LogP contribution >= 0.6 is 34.2 Å². The van der Waals surface area contributed by atoms with Crippen LogP contribution in [0.15, 0.2) is 30.7 Å². The number of anilines is 1. The maximum absolute atomic E-state index is 13.1. The van der Waals surface area contributed by atoms with Crippen molar-refractivity contribution in [1.29, 1.82) is 0 Å². The first-order valence-corrected chi connectivity index (χ1v) is 9.19. The summed E-state index contributed by atoms with van der Waals surface area (Å²) in [6.07, 6.45) is 3.50. The van der Waals surface area contributed by atoms with Gasteiger partial charge >= 0.3 is 0 Å². The molecule has 0 aliphatic rings. The number of hydrogen-bond acceptors (Lipinski definition) is 4. The van der Waals surface area contributed by atoms with Gasteiger partial charge in [0, 0.05) is 17.1 Å². The van der Waals surface area contributed by atoms with Gasteiger partial charge in [0.1, 0.15) is 12.1 Å². The predicted octanol–water partition coefficient (Wildman–Crippen LogP) is 3.26. The van der Waals surface area contributed by atoms with Crippen molar-refractivity contribution in [2.45, 2.75) is 26.4 Å². The maximum atomic E-state index is 13.1. The van der Waals surface area contributed by atoms with Crippen LogP contribution < -0.4 is 5.32 Å². The molecule has 1 N–H and O–H groups in total. The van der Waals surface area contributed by atoms with Crippen LogP contribution in [0.25, 0.3) is 0 Å². The summed E-state index contributed by atoms with van der Waals surface area (Å²) in [5.74, 6) is -0.389. The first-order chi connectivity index (χ1) is 12.4. The molecule has 1 aromatic carbocycles. The lowest BCUT2D eigenvalue weighted by molar-refractivity contribution is -0.116. The number of halogens is 3. The van der Waals surface area contributed by atoms with Gasteiger partial charge < -0.3 is 0 Å². The Balaban J connectivity index is 1.56. The zero-order valence-corrected chi connectivity index (χ0v) is 16.7. The second-order valence-corrected chi connectivity index (χ2v) is 7.17. The number of benzene rings is 1. The molecule has 0 fully saturated rings. The second-order valence-electron chi connectivity index (χ2n) is 5.60. The summed E-state index contributed by atoms with van der Waals surface area (Å²) in [6.45, 7) is 2.76. The SMILES string of the molecule is Cc1c(I)cnn1CCC(=O)Nc1ncn(Cc2ccc(F)cc2Cl)n1. The first kappa shape index (κ1) is 18.8. The fourth-order valence-corrected chi connectivity index (χ4v) is 2.93. The molecule has 0 atom stereocenters. The number of rotatable bonds is 6. The van der Waals surface area contributed by atoms with E-state index < -0.39 is 5.82 Å².